The predicted octanol–water partition coefficient (Wildman–Crippen LogP) is 2.42. The van der Waals surface area contributed by atoms with Gasteiger partial charge in [-0.3, -0.25) is 9.69 Å². The Labute approximate surface area is 148 Å². The summed E-state index contributed by atoms with van der Waals surface area (Å²) >= 11 is 0. The Morgan fingerprint density at radius 2 is 2.08 bits per heavy atom. The van der Waals surface area contributed by atoms with Crippen molar-refractivity contribution in [2.45, 2.75) is 31.8 Å². The molecule has 2 aromatic rings. The second kappa shape index (κ2) is 7.58. The van der Waals surface area contributed by atoms with Gasteiger partial charge in [0, 0.05) is 49.9 Å². The molecule has 0 saturated carbocycles. The van der Waals surface area contributed by atoms with Gasteiger partial charge >= 0.3 is 0 Å². The molecule has 0 spiro atoms. The Kier molecular flexibility index (Phi) is 5.04. The minimum absolute atomic E-state index is 0.240. The summed E-state index contributed by atoms with van der Waals surface area (Å²) in [5.74, 6) is 0.240. The zero-order valence-electron chi connectivity index (χ0n) is 14.7. The first kappa shape index (κ1) is 16.6. The number of nitrogens with zero attached hydrogens (tertiary/aromatic N) is 2. The van der Waals surface area contributed by atoms with Crippen LogP contribution in [0.1, 0.15) is 24.8 Å². The van der Waals surface area contributed by atoms with Crippen LogP contribution in [0.4, 0.5) is 0 Å². The van der Waals surface area contributed by atoms with Crippen LogP contribution in [0.25, 0.3) is 10.9 Å². The number of ether oxygens (including phenoxy) is 1. The minimum Gasteiger partial charge on any atom is -0.377 e. The summed E-state index contributed by atoms with van der Waals surface area (Å²) < 4.78 is 5.76. The molecule has 0 radical (unpaired) electrons. The van der Waals surface area contributed by atoms with E-state index in [1.54, 1.807) is 0 Å². The van der Waals surface area contributed by atoms with E-state index in [1.165, 1.54) is 12.8 Å². The number of amides is 1. The summed E-state index contributed by atoms with van der Waals surface area (Å²) in [6.07, 6.45) is 6.27. The van der Waals surface area contributed by atoms with Gasteiger partial charge in [-0.2, -0.15) is 0 Å². The van der Waals surface area contributed by atoms with Gasteiger partial charge in [-0.15, -0.1) is 0 Å². The van der Waals surface area contributed by atoms with E-state index in [2.05, 4.69) is 22.0 Å². The van der Waals surface area contributed by atoms with Crippen molar-refractivity contribution in [2.24, 2.45) is 0 Å². The fourth-order valence-electron chi connectivity index (χ4n) is 4.03. The number of para-hydroxylation sites is 1. The third-order valence-corrected chi connectivity index (χ3v) is 5.44. The number of rotatable bonds is 4. The van der Waals surface area contributed by atoms with Crippen molar-refractivity contribution < 1.29 is 9.53 Å². The Hall–Kier alpha value is -1.85. The first-order chi connectivity index (χ1) is 12.3. The summed E-state index contributed by atoms with van der Waals surface area (Å²) in [4.78, 5) is 20.6. The molecule has 25 heavy (non-hydrogen) atoms. The topological polar surface area (TPSA) is 48.6 Å². The number of aromatic nitrogens is 1. The van der Waals surface area contributed by atoms with Crippen LogP contribution in [0.5, 0.6) is 0 Å². The number of hydrogen-bond donors (Lipinski definition) is 1. The van der Waals surface area contributed by atoms with Crippen LogP contribution in [-0.4, -0.2) is 66.1 Å². The fourth-order valence-corrected chi connectivity index (χ4v) is 4.03. The van der Waals surface area contributed by atoms with Gasteiger partial charge in [0.15, 0.2) is 0 Å². The Balaban J connectivity index is 1.34. The molecule has 2 aliphatic heterocycles. The first-order valence-corrected chi connectivity index (χ1v) is 9.46. The molecular formula is C20H27N3O2. The molecular weight excluding hydrogens is 314 g/mol. The number of benzene rings is 1. The van der Waals surface area contributed by atoms with Crippen molar-refractivity contribution in [3.63, 3.8) is 0 Å². The van der Waals surface area contributed by atoms with Gasteiger partial charge in [0.2, 0.25) is 5.91 Å². The monoisotopic (exact) mass is 341 g/mol. The zero-order valence-corrected chi connectivity index (χ0v) is 14.7. The van der Waals surface area contributed by atoms with Gasteiger partial charge < -0.3 is 14.6 Å². The number of aromatic amines is 1. The number of carbonyl (C=O) groups is 1. The molecule has 4 rings (SSSR count). The van der Waals surface area contributed by atoms with Crippen LogP contribution in [0.15, 0.2) is 30.5 Å². The van der Waals surface area contributed by atoms with Crippen LogP contribution < -0.4 is 0 Å². The molecule has 2 aliphatic rings. The molecule has 5 heteroatoms. The highest BCUT2D eigenvalue weighted by molar-refractivity contribution is 5.88. The number of fused-ring (bicyclic) bond motifs is 1. The lowest BCUT2D eigenvalue weighted by Gasteiger charge is -2.24. The van der Waals surface area contributed by atoms with Crippen molar-refractivity contribution in [3.8, 4) is 0 Å². The van der Waals surface area contributed by atoms with Gasteiger partial charge in [0.25, 0.3) is 0 Å². The van der Waals surface area contributed by atoms with Crippen LogP contribution >= 0.6 is 0 Å². The number of H-pyrrole nitrogens is 1. The molecule has 134 valence electrons. The molecule has 3 heterocycles. The van der Waals surface area contributed by atoms with Crippen LogP contribution in [0, 0.1) is 0 Å². The fraction of sp³-hybridized carbons (Fsp3) is 0.550. The quantitative estimate of drug-likeness (QED) is 0.929. The van der Waals surface area contributed by atoms with E-state index in [0.717, 1.165) is 62.2 Å². The molecule has 1 atom stereocenters. The summed E-state index contributed by atoms with van der Waals surface area (Å²) in [5, 5.41) is 1.16. The molecule has 5 nitrogen and oxygen atoms in total. The van der Waals surface area contributed by atoms with E-state index in [1.807, 2.05) is 23.2 Å². The van der Waals surface area contributed by atoms with Crippen molar-refractivity contribution >= 4 is 16.8 Å². The average molecular weight is 341 g/mol. The van der Waals surface area contributed by atoms with E-state index < -0.39 is 0 Å². The van der Waals surface area contributed by atoms with Gasteiger partial charge in [-0.25, -0.2) is 0 Å². The van der Waals surface area contributed by atoms with E-state index in [4.69, 9.17) is 4.74 Å². The van der Waals surface area contributed by atoms with Crippen molar-refractivity contribution in [1.82, 2.24) is 14.8 Å². The maximum Gasteiger partial charge on any atom is 0.227 e. The zero-order chi connectivity index (χ0) is 17.1. The van der Waals surface area contributed by atoms with Crippen LogP contribution in [-0.2, 0) is 16.0 Å². The summed E-state index contributed by atoms with van der Waals surface area (Å²) in [7, 11) is 0. The molecule has 1 aromatic heterocycles. The van der Waals surface area contributed by atoms with Gasteiger partial charge in [-0.1, -0.05) is 18.2 Å². The normalized spacial score (nSPS) is 22.4. The molecule has 1 amide bonds. The second-order valence-corrected chi connectivity index (χ2v) is 7.21. The smallest absolute Gasteiger partial charge is 0.227 e. The van der Waals surface area contributed by atoms with Crippen LogP contribution in [0.3, 0.4) is 0 Å². The lowest BCUT2D eigenvalue weighted by molar-refractivity contribution is -0.130. The number of hydrogen-bond acceptors (Lipinski definition) is 3. The Morgan fingerprint density at radius 3 is 2.96 bits per heavy atom. The molecule has 1 aromatic carbocycles. The van der Waals surface area contributed by atoms with Gasteiger partial charge in [0.05, 0.1) is 12.5 Å². The molecule has 0 unspecified atom stereocenters. The second-order valence-electron chi connectivity index (χ2n) is 7.21. The van der Waals surface area contributed by atoms with Crippen molar-refractivity contribution in [1.29, 1.82) is 0 Å². The van der Waals surface area contributed by atoms with E-state index in [0.29, 0.717) is 12.5 Å². The molecule has 0 aliphatic carbocycles. The Bertz CT molecular complexity index is 721. The van der Waals surface area contributed by atoms with Gasteiger partial charge in [-0.05, 0) is 37.4 Å². The average Bonchev–Trinajstić information content (AvgIpc) is 3.21. The van der Waals surface area contributed by atoms with Crippen LogP contribution in [0.2, 0.25) is 0 Å². The highest BCUT2D eigenvalue weighted by atomic mass is 16.5. The predicted molar refractivity (Wildman–Crippen MR) is 98.6 cm³/mol. The standard InChI is InChI=1S/C20H27N3O2/c24-20(13-16-14-21-19-7-2-1-6-18(16)19)23-9-4-8-22(10-11-23)15-17-5-3-12-25-17/h1-2,6-7,14,17,21H,3-5,8-13,15H2/t17-/m0/s1. The molecule has 2 saturated heterocycles. The summed E-state index contributed by atoms with van der Waals surface area (Å²) in [5.41, 5.74) is 2.20. The van der Waals surface area contributed by atoms with E-state index in [9.17, 15) is 4.79 Å². The lowest BCUT2D eigenvalue weighted by Crippen LogP contribution is -2.38. The third kappa shape index (κ3) is 3.88. The summed E-state index contributed by atoms with van der Waals surface area (Å²) in [6.45, 7) is 5.64. The summed E-state index contributed by atoms with van der Waals surface area (Å²) in [6, 6.07) is 8.18. The van der Waals surface area contributed by atoms with Crippen molar-refractivity contribution in [2.75, 3.05) is 39.3 Å². The molecule has 1 N–H and O–H groups in total. The molecule has 0 bridgehead atoms. The third-order valence-electron chi connectivity index (χ3n) is 5.44. The Morgan fingerprint density at radius 1 is 1.16 bits per heavy atom. The highest BCUT2D eigenvalue weighted by Crippen LogP contribution is 2.19. The minimum atomic E-state index is 0.240. The SMILES string of the molecule is O=C(Cc1c[nH]c2ccccc12)N1CCCN(C[C@@H]2CCCO2)CC1. The first-order valence-electron chi connectivity index (χ1n) is 9.46. The van der Waals surface area contributed by atoms with E-state index >= 15 is 0 Å². The lowest BCUT2D eigenvalue weighted by atomic mass is 10.1. The maximum absolute atomic E-state index is 12.8. The number of carbonyl (C=O) groups excluding carboxylic acids is 1. The van der Waals surface area contributed by atoms with E-state index in [-0.39, 0.29) is 5.91 Å². The molecule has 2 fully saturated rings. The highest BCUT2D eigenvalue weighted by Gasteiger charge is 2.23. The largest absolute Gasteiger partial charge is 0.377 e. The van der Waals surface area contributed by atoms with Crippen molar-refractivity contribution in [3.05, 3.63) is 36.0 Å². The number of nitrogens with one attached hydrogen (secondary N) is 1. The van der Waals surface area contributed by atoms with Gasteiger partial charge in [0.1, 0.15) is 0 Å². The maximum atomic E-state index is 12.8.